The monoisotopic (exact) mass is 527 g/mol. The van der Waals surface area contributed by atoms with Gasteiger partial charge >= 0.3 is 13.7 Å². The molecule has 0 unspecified atom stereocenters. The van der Waals surface area contributed by atoms with Crippen molar-refractivity contribution in [3.05, 3.63) is 33.8 Å². The second kappa shape index (κ2) is 12.0. The first-order valence-electron chi connectivity index (χ1n) is 8.29. The smallest absolute Gasteiger partial charge is 0.408 e. The molecule has 1 atom stereocenters. The number of nitrogens with one attached hydrogen (secondary N) is 1. The molecule has 0 spiro atoms. The van der Waals surface area contributed by atoms with Crippen LogP contribution in [0, 0.1) is 0 Å². The highest BCUT2D eigenvalue weighted by atomic mass is 35.6. The number of hydrogen-bond acceptors (Lipinski definition) is 6. The van der Waals surface area contributed by atoms with E-state index in [0.29, 0.717) is 0 Å². The summed E-state index contributed by atoms with van der Waals surface area (Å²) in [6.45, 7) is 2.64. The van der Waals surface area contributed by atoms with Crippen LogP contribution in [0.4, 0.5) is 4.79 Å². The molecular weight excluding hydrogens is 510 g/mol. The van der Waals surface area contributed by atoms with E-state index in [0.717, 1.165) is 0 Å². The van der Waals surface area contributed by atoms with Gasteiger partial charge in [-0.2, -0.15) is 0 Å². The van der Waals surface area contributed by atoms with Gasteiger partial charge in [-0.3, -0.25) is 9.36 Å². The summed E-state index contributed by atoms with van der Waals surface area (Å²) < 4.78 is 26.6. The first kappa shape index (κ1) is 26.8. The third kappa shape index (κ3) is 9.19. The van der Waals surface area contributed by atoms with Gasteiger partial charge in [-0.25, -0.2) is 4.79 Å². The van der Waals surface area contributed by atoms with E-state index in [4.69, 9.17) is 71.8 Å². The Kier molecular flexibility index (Phi) is 11.1. The lowest BCUT2D eigenvalue weighted by atomic mass is 10.1. The normalized spacial score (nSPS) is 13.1. The minimum atomic E-state index is -3.93. The van der Waals surface area contributed by atoms with E-state index < -0.39 is 42.1 Å². The maximum Gasteiger partial charge on any atom is 0.408 e. The molecule has 164 valence electrons. The summed E-state index contributed by atoms with van der Waals surface area (Å²) in [6, 6.07) is 4.25. The molecule has 0 radical (unpaired) electrons. The zero-order valence-electron chi connectivity index (χ0n) is 15.4. The number of amides is 1. The van der Waals surface area contributed by atoms with Crippen LogP contribution in [0.25, 0.3) is 0 Å². The van der Waals surface area contributed by atoms with Crippen LogP contribution in [0.5, 0.6) is 0 Å². The second-order valence-corrected chi connectivity index (χ2v) is 11.0. The van der Waals surface area contributed by atoms with Crippen molar-refractivity contribution in [1.82, 2.24) is 5.32 Å². The van der Waals surface area contributed by atoms with Crippen LogP contribution in [0.15, 0.2) is 18.2 Å². The SMILES string of the molecule is CCOP(=O)(OCC)[C@H](CC(=O)c1ccc(Cl)c(Cl)c1)NC(=O)OCC(Cl)(Cl)Cl. The lowest BCUT2D eigenvalue weighted by Gasteiger charge is -2.26. The molecule has 1 amide bonds. The number of ketones is 1. The number of hydrogen-bond donors (Lipinski definition) is 1. The van der Waals surface area contributed by atoms with Crippen LogP contribution in [0.2, 0.25) is 10.0 Å². The van der Waals surface area contributed by atoms with Gasteiger partial charge in [0.05, 0.1) is 23.3 Å². The molecule has 0 bridgehead atoms. The van der Waals surface area contributed by atoms with Crippen molar-refractivity contribution in [2.75, 3.05) is 19.8 Å². The highest BCUT2D eigenvalue weighted by molar-refractivity contribution is 7.54. The molecule has 0 heterocycles. The summed E-state index contributed by atoms with van der Waals surface area (Å²) in [4.78, 5) is 24.8. The predicted molar refractivity (Wildman–Crippen MR) is 115 cm³/mol. The number of ether oxygens (including phenoxy) is 1. The van der Waals surface area contributed by atoms with Gasteiger partial charge in [-0.15, -0.1) is 0 Å². The van der Waals surface area contributed by atoms with E-state index in [1.54, 1.807) is 13.8 Å². The average molecular weight is 530 g/mol. The standard InChI is InChI=1S/C16H19Cl5NO6P/c1-3-27-29(25,28-4-2)14(22-15(24)26-9-16(19,20)21)8-13(23)10-5-6-11(17)12(18)7-10/h5-7,14H,3-4,8-9H2,1-2H3,(H,22,24)/t14-/m1/s1. The molecule has 0 aliphatic carbocycles. The minimum Gasteiger partial charge on any atom is -0.445 e. The largest absolute Gasteiger partial charge is 0.445 e. The van der Waals surface area contributed by atoms with Crippen LogP contribution in [0.1, 0.15) is 30.6 Å². The summed E-state index contributed by atoms with van der Waals surface area (Å²) >= 11 is 28.4. The Morgan fingerprint density at radius 1 is 1.10 bits per heavy atom. The van der Waals surface area contributed by atoms with Gasteiger partial charge in [-0.05, 0) is 32.0 Å². The molecule has 1 aromatic carbocycles. The highest BCUT2D eigenvalue weighted by Crippen LogP contribution is 2.53. The van der Waals surface area contributed by atoms with Crippen LogP contribution >= 0.6 is 65.6 Å². The third-order valence-electron chi connectivity index (χ3n) is 3.27. The van der Waals surface area contributed by atoms with Crippen LogP contribution in [-0.4, -0.2) is 41.3 Å². The van der Waals surface area contributed by atoms with Crippen LogP contribution < -0.4 is 5.32 Å². The number of alkyl carbamates (subject to hydrolysis) is 1. The molecule has 1 N–H and O–H groups in total. The fraction of sp³-hybridized carbons (Fsp3) is 0.500. The number of benzene rings is 1. The number of alkyl halides is 3. The van der Waals surface area contributed by atoms with E-state index in [9.17, 15) is 14.2 Å². The van der Waals surface area contributed by atoms with Gasteiger partial charge in [-0.1, -0.05) is 58.0 Å². The number of carbonyl (C=O) groups is 2. The third-order valence-corrected chi connectivity index (χ3v) is 6.65. The van der Waals surface area contributed by atoms with Crippen molar-refractivity contribution in [2.24, 2.45) is 0 Å². The molecule has 1 rings (SSSR count). The van der Waals surface area contributed by atoms with E-state index in [1.165, 1.54) is 18.2 Å². The lowest BCUT2D eigenvalue weighted by molar-refractivity contribution is 0.0965. The first-order chi connectivity index (χ1) is 13.4. The van der Waals surface area contributed by atoms with Crippen molar-refractivity contribution in [1.29, 1.82) is 0 Å². The zero-order valence-corrected chi connectivity index (χ0v) is 20.1. The van der Waals surface area contributed by atoms with E-state index >= 15 is 0 Å². The zero-order chi connectivity index (χ0) is 22.2. The molecule has 7 nitrogen and oxygen atoms in total. The van der Waals surface area contributed by atoms with Gasteiger partial charge in [0.1, 0.15) is 12.4 Å². The van der Waals surface area contributed by atoms with Gasteiger partial charge in [0, 0.05) is 12.0 Å². The van der Waals surface area contributed by atoms with Crippen molar-refractivity contribution in [3.63, 3.8) is 0 Å². The molecule has 13 heteroatoms. The van der Waals surface area contributed by atoms with Crippen molar-refractivity contribution in [3.8, 4) is 0 Å². The summed E-state index contributed by atoms with van der Waals surface area (Å²) in [5, 5.41) is 2.73. The molecule has 0 aromatic heterocycles. The maximum absolute atomic E-state index is 13.1. The van der Waals surface area contributed by atoms with E-state index in [1.807, 2.05) is 0 Å². The van der Waals surface area contributed by atoms with E-state index in [2.05, 4.69) is 5.32 Å². The molecule has 0 fully saturated rings. The first-order valence-corrected chi connectivity index (χ1v) is 11.8. The maximum atomic E-state index is 13.1. The molecule has 0 aliphatic rings. The Labute approximate surface area is 193 Å². The fourth-order valence-electron chi connectivity index (χ4n) is 2.11. The summed E-state index contributed by atoms with van der Waals surface area (Å²) in [6.07, 6.45) is -1.50. The number of halogens is 5. The number of carbonyl (C=O) groups excluding carboxylic acids is 2. The summed E-state index contributed by atoms with van der Waals surface area (Å²) in [5.74, 6) is -1.85. The van der Waals surface area contributed by atoms with Gasteiger partial charge in [0.25, 0.3) is 0 Å². The lowest BCUT2D eigenvalue weighted by Crippen LogP contribution is -2.39. The van der Waals surface area contributed by atoms with Crippen molar-refractivity contribution >= 4 is 77.5 Å². The summed E-state index contributed by atoms with van der Waals surface area (Å²) in [7, 11) is -3.93. The molecule has 1 aromatic rings. The fourth-order valence-corrected chi connectivity index (χ4v) is 4.38. The Morgan fingerprint density at radius 2 is 1.69 bits per heavy atom. The van der Waals surface area contributed by atoms with E-state index in [-0.39, 0.29) is 28.8 Å². The van der Waals surface area contributed by atoms with Gasteiger partial charge in [0.15, 0.2) is 5.78 Å². The Bertz CT molecular complexity index is 763. The summed E-state index contributed by atoms with van der Waals surface area (Å²) in [5.41, 5.74) is 0.195. The Hall–Kier alpha value is -0.240. The van der Waals surface area contributed by atoms with Crippen molar-refractivity contribution in [2.45, 2.75) is 29.8 Å². The molecule has 0 aliphatic heterocycles. The Balaban J connectivity index is 3.08. The quantitative estimate of drug-likeness (QED) is 0.219. The predicted octanol–water partition coefficient (Wildman–Crippen LogP) is 6.25. The van der Waals surface area contributed by atoms with Gasteiger partial charge < -0.3 is 19.1 Å². The molecule has 29 heavy (non-hydrogen) atoms. The van der Waals surface area contributed by atoms with Crippen LogP contribution in [0.3, 0.4) is 0 Å². The topological polar surface area (TPSA) is 90.9 Å². The number of Topliss-reactive ketones (excluding diaryl/α,β-unsaturated/α-hetero) is 1. The second-order valence-electron chi connectivity index (χ2n) is 5.48. The Morgan fingerprint density at radius 3 is 2.17 bits per heavy atom. The van der Waals surface area contributed by atoms with Crippen molar-refractivity contribution < 1.29 is 27.9 Å². The molecular formula is C16H19Cl5NO6P. The average Bonchev–Trinajstić information content (AvgIpc) is 2.61. The van der Waals surface area contributed by atoms with Gasteiger partial charge in [0.2, 0.25) is 3.79 Å². The minimum absolute atomic E-state index is 0.0135. The van der Waals surface area contributed by atoms with Crippen LogP contribution in [-0.2, 0) is 18.3 Å². The highest BCUT2D eigenvalue weighted by Gasteiger charge is 2.39. The number of rotatable bonds is 10. The molecule has 0 saturated carbocycles. The molecule has 0 saturated heterocycles.